The van der Waals surface area contributed by atoms with E-state index < -0.39 is 10.2 Å². The molecule has 0 aromatic rings. The monoisotopic (exact) mass is 343 g/mol. The summed E-state index contributed by atoms with van der Waals surface area (Å²) in [6, 6.07) is 1.34. The molecule has 2 heterocycles. The molecule has 0 bridgehead atoms. The minimum absolute atomic E-state index is 0.580. The molecule has 1 atom stereocenters. The molecule has 1 aliphatic carbocycles. The van der Waals surface area contributed by atoms with E-state index in [9.17, 15) is 8.42 Å². The van der Waals surface area contributed by atoms with Crippen LogP contribution >= 0.6 is 0 Å². The fourth-order valence-electron chi connectivity index (χ4n) is 4.60. The molecule has 2 saturated heterocycles. The molecule has 2 aliphatic heterocycles. The van der Waals surface area contributed by atoms with Crippen molar-refractivity contribution in [2.24, 2.45) is 0 Å². The predicted octanol–water partition coefficient (Wildman–Crippen LogP) is 2.49. The molecule has 0 aromatic carbocycles. The van der Waals surface area contributed by atoms with Gasteiger partial charge in [-0.1, -0.05) is 25.7 Å². The molecule has 0 spiro atoms. The Balaban J connectivity index is 1.48. The Kier molecular flexibility index (Phi) is 6.35. The molecule has 0 radical (unpaired) electrons. The second kappa shape index (κ2) is 8.28. The normalized spacial score (nSPS) is 29.1. The quantitative estimate of drug-likeness (QED) is 0.806. The first-order valence-corrected chi connectivity index (χ1v) is 11.1. The van der Waals surface area contributed by atoms with Crippen LogP contribution in [0.4, 0.5) is 0 Å². The summed E-state index contributed by atoms with van der Waals surface area (Å²) in [5, 5.41) is 0. The van der Waals surface area contributed by atoms with E-state index >= 15 is 0 Å². The molecule has 1 unspecified atom stereocenters. The third-order valence-electron chi connectivity index (χ3n) is 5.88. The maximum atomic E-state index is 12.4. The summed E-state index contributed by atoms with van der Waals surface area (Å²) in [4.78, 5) is 2.70. The van der Waals surface area contributed by atoms with Crippen LogP contribution in [0.1, 0.15) is 70.6 Å². The molecule has 3 aliphatic rings. The fraction of sp³-hybridized carbons (Fsp3) is 1.00. The molecule has 3 rings (SSSR count). The van der Waals surface area contributed by atoms with Gasteiger partial charge < -0.3 is 0 Å². The Labute approximate surface area is 142 Å². The minimum atomic E-state index is -3.26. The lowest BCUT2D eigenvalue weighted by molar-refractivity contribution is 0.0920. The van der Waals surface area contributed by atoms with E-state index in [1.807, 2.05) is 0 Å². The van der Waals surface area contributed by atoms with Crippen molar-refractivity contribution in [3.05, 3.63) is 0 Å². The maximum Gasteiger partial charge on any atom is 0.279 e. The maximum absolute atomic E-state index is 12.4. The van der Waals surface area contributed by atoms with Gasteiger partial charge in [0.2, 0.25) is 0 Å². The average molecular weight is 344 g/mol. The summed E-state index contributed by atoms with van der Waals surface area (Å²) >= 11 is 0. The highest BCUT2D eigenvalue weighted by atomic mass is 32.2. The predicted molar refractivity (Wildman–Crippen MR) is 93.6 cm³/mol. The zero-order valence-electron chi connectivity index (χ0n) is 14.4. The molecule has 5 nitrogen and oxygen atoms in total. The van der Waals surface area contributed by atoms with Crippen molar-refractivity contribution in [2.45, 2.75) is 82.7 Å². The van der Waals surface area contributed by atoms with Gasteiger partial charge in [0.25, 0.3) is 10.2 Å². The zero-order valence-corrected chi connectivity index (χ0v) is 15.2. The first-order valence-electron chi connectivity index (χ1n) is 9.67. The first kappa shape index (κ1) is 17.6. The van der Waals surface area contributed by atoms with E-state index in [0.717, 1.165) is 31.7 Å². The van der Waals surface area contributed by atoms with Crippen LogP contribution in [0.5, 0.6) is 0 Å². The van der Waals surface area contributed by atoms with Crippen LogP contribution in [0.25, 0.3) is 0 Å². The van der Waals surface area contributed by atoms with Gasteiger partial charge in [0.05, 0.1) is 0 Å². The minimum Gasteiger partial charge on any atom is -0.297 e. The lowest BCUT2D eigenvalue weighted by Gasteiger charge is -2.40. The molecule has 1 saturated carbocycles. The largest absolute Gasteiger partial charge is 0.297 e. The van der Waals surface area contributed by atoms with E-state index in [4.69, 9.17) is 0 Å². The number of nitrogens with one attached hydrogen (secondary N) is 1. The second-order valence-corrected chi connectivity index (χ2v) is 9.23. The van der Waals surface area contributed by atoms with Crippen LogP contribution in [-0.2, 0) is 10.2 Å². The Morgan fingerprint density at radius 3 is 2.22 bits per heavy atom. The van der Waals surface area contributed by atoms with Crippen LogP contribution in [0, 0.1) is 0 Å². The van der Waals surface area contributed by atoms with Crippen LogP contribution < -0.4 is 4.72 Å². The van der Waals surface area contributed by atoms with Crippen LogP contribution in [0.15, 0.2) is 0 Å². The van der Waals surface area contributed by atoms with Crippen LogP contribution in [0.3, 0.4) is 0 Å². The van der Waals surface area contributed by atoms with Gasteiger partial charge in [-0.3, -0.25) is 4.90 Å². The molecular weight excluding hydrogens is 310 g/mol. The van der Waals surface area contributed by atoms with Gasteiger partial charge in [-0.2, -0.15) is 12.7 Å². The Hall–Kier alpha value is -0.170. The SMILES string of the molecule is O=S(=O)(NCCC1CCCCN1C1CCCC1)N1CCCCC1. The van der Waals surface area contributed by atoms with Crippen LogP contribution in [-0.4, -0.2) is 55.9 Å². The van der Waals surface area contributed by atoms with Crippen molar-refractivity contribution in [1.29, 1.82) is 0 Å². The van der Waals surface area contributed by atoms with E-state index in [2.05, 4.69) is 9.62 Å². The fourth-order valence-corrected chi connectivity index (χ4v) is 5.90. The molecule has 134 valence electrons. The molecule has 0 aromatic heterocycles. The Bertz CT molecular complexity index is 456. The highest BCUT2D eigenvalue weighted by molar-refractivity contribution is 7.87. The van der Waals surface area contributed by atoms with Gasteiger partial charge in [-0.15, -0.1) is 0 Å². The number of nitrogens with zero attached hydrogens (tertiary/aromatic N) is 2. The smallest absolute Gasteiger partial charge is 0.279 e. The highest BCUT2D eigenvalue weighted by Gasteiger charge is 2.31. The lowest BCUT2D eigenvalue weighted by Crippen LogP contribution is -2.48. The van der Waals surface area contributed by atoms with Gasteiger partial charge in [0, 0.05) is 31.7 Å². The van der Waals surface area contributed by atoms with Crippen molar-refractivity contribution in [3.63, 3.8) is 0 Å². The summed E-state index contributed by atoms with van der Waals surface area (Å²) in [5.74, 6) is 0. The Morgan fingerprint density at radius 2 is 1.48 bits per heavy atom. The van der Waals surface area contributed by atoms with Crippen molar-refractivity contribution in [1.82, 2.24) is 13.9 Å². The van der Waals surface area contributed by atoms with E-state index in [1.165, 1.54) is 51.5 Å². The summed E-state index contributed by atoms with van der Waals surface area (Å²) in [6.45, 7) is 3.18. The third-order valence-corrected chi connectivity index (χ3v) is 7.50. The van der Waals surface area contributed by atoms with Crippen molar-refractivity contribution in [3.8, 4) is 0 Å². The lowest BCUT2D eigenvalue weighted by atomic mass is 9.96. The number of rotatable bonds is 6. The molecule has 1 N–H and O–H groups in total. The van der Waals surface area contributed by atoms with Gasteiger partial charge in [-0.25, -0.2) is 4.72 Å². The summed E-state index contributed by atoms with van der Waals surface area (Å²) in [5.41, 5.74) is 0. The van der Waals surface area contributed by atoms with Gasteiger partial charge in [-0.05, 0) is 51.5 Å². The van der Waals surface area contributed by atoms with Crippen molar-refractivity contribution < 1.29 is 8.42 Å². The van der Waals surface area contributed by atoms with Crippen LogP contribution in [0.2, 0.25) is 0 Å². The van der Waals surface area contributed by atoms with Crippen molar-refractivity contribution in [2.75, 3.05) is 26.2 Å². The number of hydrogen-bond acceptors (Lipinski definition) is 3. The summed E-state index contributed by atoms with van der Waals surface area (Å²) < 4.78 is 29.2. The Morgan fingerprint density at radius 1 is 0.826 bits per heavy atom. The van der Waals surface area contributed by atoms with E-state index in [1.54, 1.807) is 4.31 Å². The van der Waals surface area contributed by atoms with E-state index in [0.29, 0.717) is 25.7 Å². The molecule has 23 heavy (non-hydrogen) atoms. The molecule has 3 fully saturated rings. The van der Waals surface area contributed by atoms with Gasteiger partial charge in [0.1, 0.15) is 0 Å². The summed E-state index contributed by atoms with van der Waals surface area (Å²) in [6.07, 6.45) is 13.4. The number of hydrogen-bond donors (Lipinski definition) is 1. The van der Waals surface area contributed by atoms with Gasteiger partial charge >= 0.3 is 0 Å². The number of likely N-dealkylation sites (tertiary alicyclic amines) is 1. The first-order chi connectivity index (χ1) is 11.2. The van der Waals surface area contributed by atoms with Crippen molar-refractivity contribution >= 4 is 10.2 Å². The number of piperidine rings is 2. The molecule has 0 amide bonds. The van der Waals surface area contributed by atoms with Gasteiger partial charge in [0.15, 0.2) is 0 Å². The standard InChI is InChI=1S/C17H33N3O2S/c21-23(22,19-13-5-1-6-14-19)18-12-11-17-10-4-7-15-20(17)16-8-2-3-9-16/h16-18H,1-15H2. The highest BCUT2D eigenvalue weighted by Crippen LogP contribution is 2.30. The topological polar surface area (TPSA) is 52.7 Å². The molecular formula is C17H33N3O2S. The molecule has 6 heteroatoms. The second-order valence-electron chi connectivity index (χ2n) is 7.47. The summed E-state index contributed by atoms with van der Waals surface area (Å²) in [7, 11) is -3.26. The van der Waals surface area contributed by atoms with E-state index in [-0.39, 0.29) is 0 Å². The average Bonchev–Trinajstić information content (AvgIpc) is 3.10. The third kappa shape index (κ3) is 4.68. The zero-order chi connectivity index (χ0) is 16.1.